The Hall–Kier alpha value is -3.59. The molecular formula is C20H18N2O6S. The van der Waals surface area contributed by atoms with Gasteiger partial charge in [-0.2, -0.15) is 0 Å². The number of aromatic carboxylic acids is 1. The summed E-state index contributed by atoms with van der Waals surface area (Å²) in [5.74, 6) is -1.33. The van der Waals surface area contributed by atoms with E-state index in [2.05, 4.69) is 10.0 Å². The van der Waals surface area contributed by atoms with E-state index < -0.39 is 16.0 Å². The molecule has 3 aromatic rings. The average molecular weight is 414 g/mol. The third kappa shape index (κ3) is 4.64. The van der Waals surface area contributed by atoms with Gasteiger partial charge in [0.25, 0.3) is 10.0 Å². The third-order valence-corrected chi connectivity index (χ3v) is 5.45. The van der Waals surface area contributed by atoms with Gasteiger partial charge in [0.15, 0.2) is 0 Å². The summed E-state index contributed by atoms with van der Waals surface area (Å²) >= 11 is 0. The van der Waals surface area contributed by atoms with Crippen LogP contribution in [-0.4, -0.2) is 25.4 Å². The quantitative estimate of drug-likeness (QED) is 0.564. The van der Waals surface area contributed by atoms with Gasteiger partial charge in [0.2, 0.25) is 11.7 Å². The largest absolute Gasteiger partial charge is 0.475 e. The summed E-state index contributed by atoms with van der Waals surface area (Å²) in [5.41, 5.74) is 2.14. The molecule has 1 amide bonds. The Balaban J connectivity index is 1.87. The van der Waals surface area contributed by atoms with Crippen LogP contribution in [0.15, 0.2) is 63.9 Å². The van der Waals surface area contributed by atoms with E-state index in [0.29, 0.717) is 22.7 Å². The summed E-state index contributed by atoms with van der Waals surface area (Å²) in [5, 5.41) is 11.6. The summed E-state index contributed by atoms with van der Waals surface area (Å²) in [4.78, 5) is 22.1. The van der Waals surface area contributed by atoms with Crippen LogP contribution < -0.4 is 10.0 Å². The second-order valence-electron chi connectivity index (χ2n) is 6.31. The predicted octanol–water partition coefficient (Wildman–Crippen LogP) is 3.71. The minimum atomic E-state index is -3.87. The molecule has 8 nitrogen and oxygen atoms in total. The minimum absolute atomic E-state index is 0.0277. The maximum absolute atomic E-state index is 12.7. The molecule has 0 saturated heterocycles. The van der Waals surface area contributed by atoms with Gasteiger partial charge in [-0.25, -0.2) is 13.2 Å². The van der Waals surface area contributed by atoms with E-state index in [1.165, 1.54) is 43.3 Å². The Kier molecular flexibility index (Phi) is 5.42. The van der Waals surface area contributed by atoms with E-state index in [1.54, 1.807) is 25.1 Å². The first-order chi connectivity index (χ1) is 13.7. The number of amides is 1. The van der Waals surface area contributed by atoms with Gasteiger partial charge in [-0.15, -0.1) is 0 Å². The van der Waals surface area contributed by atoms with E-state index >= 15 is 0 Å². The fraction of sp³-hybridized carbons (Fsp3) is 0.100. The molecule has 0 fully saturated rings. The summed E-state index contributed by atoms with van der Waals surface area (Å²) in [6.45, 7) is 3.16. The van der Waals surface area contributed by atoms with Crippen molar-refractivity contribution in [2.75, 3.05) is 10.0 Å². The van der Waals surface area contributed by atoms with Crippen LogP contribution in [0.2, 0.25) is 0 Å². The molecule has 2 aromatic carbocycles. The maximum Gasteiger partial charge on any atom is 0.371 e. The molecule has 3 N–H and O–H groups in total. The third-order valence-electron chi connectivity index (χ3n) is 4.06. The molecule has 29 heavy (non-hydrogen) atoms. The molecule has 0 radical (unpaired) electrons. The molecule has 9 heteroatoms. The Morgan fingerprint density at radius 3 is 2.21 bits per heavy atom. The van der Waals surface area contributed by atoms with Gasteiger partial charge in [-0.05, 0) is 61.0 Å². The first-order valence-electron chi connectivity index (χ1n) is 8.50. The molecule has 0 aliphatic carbocycles. The smallest absolute Gasteiger partial charge is 0.371 e. The van der Waals surface area contributed by atoms with E-state index in [-0.39, 0.29) is 16.6 Å². The van der Waals surface area contributed by atoms with Crippen molar-refractivity contribution in [1.82, 2.24) is 0 Å². The van der Waals surface area contributed by atoms with Crippen LogP contribution in [0.25, 0.3) is 11.3 Å². The van der Waals surface area contributed by atoms with E-state index in [1.807, 2.05) is 0 Å². The highest BCUT2D eigenvalue weighted by Crippen LogP contribution is 2.29. The first-order valence-corrected chi connectivity index (χ1v) is 9.98. The number of aryl methyl sites for hydroxylation is 1. The summed E-state index contributed by atoms with van der Waals surface area (Å²) in [6.07, 6.45) is 0. The SMILES string of the molecule is CC(=O)Nc1ccc(S(=O)(=O)Nc2ccc(C)c(-c3ccc(C(=O)O)o3)c2)cc1. The number of carboxylic acids is 1. The van der Waals surface area contributed by atoms with Crippen LogP contribution >= 0.6 is 0 Å². The van der Waals surface area contributed by atoms with Crippen LogP contribution in [0.4, 0.5) is 11.4 Å². The fourth-order valence-electron chi connectivity index (χ4n) is 2.68. The number of carbonyl (C=O) groups excluding carboxylic acids is 1. The molecule has 0 aliphatic heterocycles. The summed E-state index contributed by atoms with van der Waals surface area (Å²) < 4.78 is 33.1. The van der Waals surface area contributed by atoms with Crippen molar-refractivity contribution < 1.29 is 27.5 Å². The van der Waals surface area contributed by atoms with Crippen LogP contribution in [0.5, 0.6) is 0 Å². The van der Waals surface area contributed by atoms with Crippen molar-refractivity contribution in [3.8, 4) is 11.3 Å². The standard InChI is InChI=1S/C20H18N2O6S/c1-12-3-4-15(11-17(12)18-9-10-19(28-18)20(24)25)22-29(26,27)16-7-5-14(6-8-16)21-13(2)23/h3-11,22H,1-2H3,(H,21,23)(H,24,25). The maximum atomic E-state index is 12.7. The number of carboxylic acid groups (broad SMARTS) is 1. The number of carbonyl (C=O) groups is 2. The van der Waals surface area contributed by atoms with Gasteiger partial charge < -0.3 is 14.8 Å². The normalized spacial score (nSPS) is 11.1. The Morgan fingerprint density at radius 2 is 1.62 bits per heavy atom. The molecule has 0 unspecified atom stereocenters. The molecular weight excluding hydrogens is 396 g/mol. The number of furan rings is 1. The van der Waals surface area contributed by atoms with Gasteiger partial charge in [-0.1, -0.05) is 6.07 Å². The predicted molar refractivity (Wildman–Crippen MR) is 107 cm³/mol. The lowest BCUT2D eigenvalue weighted by atomic mass is 10.1. The molecule has 1 heterocycles. The van der Waals surface area contributed by atoms with Gasteiger partial charge in [0.1, 0.15) is 5.76 Å². The lowest BCUT2D eigenvalue weighted by Crippen LogP contribution is -2.13. The second kappa shape index (κ2) is 7.80. The van der Waals surface area contributed by atoms with E-state index in [0.717, 1.165) is 5.56 Å². The molecule has 0 saturated carbocycles. The number of rotatable bonds is 6. The lowest BCUT2D eigenvalue weighted by molar-refractivity contribution is -0.114. The van der Waals surface area contributed by atoms with Crippen molar-refractivity contribution in [3.63, 3.8) is 0 Å². The van der Waals surface area contributed by atoms with Gasteiger partial charge in [0.05, 0.1) is 4.90 Å². The highest BCUT2D eigenvalue weighted by molar-refractivity contribution is 7.92. The number of anilines is 2. The fourth-order valence-corrected chi connectivity index (χ4v) is 3.73. The number of nitrogens with one attached hydrogen (secondary N) is 2. The van der Waals surface area contributed by atoms with Crippen molar-refractivity contribution in [2.45, 2.75) is 18.7 Å². The second-order valence-corrected chi connectivity index (χ2v) is 7.99. The van der Waals surface area contributed by atoms with Crippen molar-refractivity contribution in [2.24, 2.45) is 0 Å². The number of benzene rings is 2. The highest BCUT2D eigenvalue weighted by Gasteiger charge is 2.17. The topological polar surface area (TPSA) is 126 Å². The monoisotopic (exact) mass is 414 g/mol. The van der Waals surface area contributed by atoms with Crippen LogP contribution in [-0.2, 0) is 14.8 Å². The van der Waals surface area contributed by atoms with Crippen LogP contribution in [0.3, 0.4) is 0 Å². The number of hydrogen-bond donors (Lipinski definition) is 3. The van der Waals surface area contributed by atoms with Crippen molar-refractivity contribution in [1.29, 1.82) is 0 Å². The highest BCUT2D eigenvalue weighted by atomic mass is 32.2. The Morgan fingerprint density at radius 1 is 0.966 bits per heavy atom. The zero-order valence-electron chi connectivity index (χ0n) is 15.6. The Labute approximate surface area is 167 Å². The molecule has 150 valence electrons. The van der Waals surface area contributed by atoms with Crippen molar-refractivity contribution >= 4 is 33.3 Å². The molecule has 0 aliphatic rings. The molecule has 0 spiro atoms. The zero-order chi connectivity index (χ0) is 21.2. The van der Waals surface area contributed by atoms with Gasteiger partial charge in [0, 0.05) is 23.9 Å². The van der Waals surface area contributed by atoms with Crippen LogP contribution in [0.1, 0.15) is 23.0 Å². The molecule has 0 bridgehead atoms. The zero-order valence-corrected chi connectivity index (χ0v) is 16.4. The van der Waals surface area contributed by atoms with Gasteiger partial charge >= 0.3 is 5.97 Å². The molecule has 1 aromatic heterocycles. The average Bonchev–Trinajstić information content (AvgIpc) is 3.13. The van der Waals surface area contributed by atoms with E-state index in [9.17, 15) is 18.0 Å². The van der Waals surface area contributed by atoms with Crippen molar-refractivity contribution in [3.05, 3.63) is 65.9 Å². The molecule has 0 atom stereocenters. The van der Waals surface area contributed by atoms with E-state index in [4.69, 9.17) is 9.52 Å². The summed E-state index contributed by atoms with van der Waals surface area (Å²) in [6, 6.07) is 13.5. The number of hydrogen-bond acceptors (Lipinski definition) is 5. The lowest BCUT2D eigenvalue weighted by Gasteiger charge is -2.11. The van der Waals surface area contributed by atoms with Crippen LogP contribution in [0, 0.1) is 6.92 Å². The van der Waals surface area contributed by atoms with Gasteiger partial charge in [-0.3, -0.25) is 9.52 Å². The summed E-state index contributed by atoms with van der Waals surface area (Å²) in [7, 11) is -3.87. The molecule has 3 rings (SSSR count). The number of sulfonamides is 1. The Bertz CT molecular complexity index is 1180. The minimum Gasteiger partial charge on any atom is -0.475 e. The first kappa shape index (κ1) is 20.2.